The number of aromatic nitrogens is 2. The first kappa shape index (κ1) is 21.6. The summed E-state index contributed by atoms with van der Waals surface area (Å²) < 4.78 is 2.05. The second-order valence-corrected chi connectivity index (χ2v) is 9.24. The van der Waals surface area contributed by atoms with E-state index in [0.717, 1.165) is 55.1 Å². The zero-order valence-electron chi connectivity index (χ0n) is 19.7. The summed E-state index contributed by atoms with van der Waals surface area (Å²) in [5, 5.41) is 6.93. The van der Waals surface area contributed by atoms with Gasteiger partial charge in [-0.1, -0.05) is 66.7 Å². The van der Waals surface area contributed by atoms with E-state index in [0.29, 0.717) is 12.2 Å². The molecule has 2 N–H and O–H groups in total. The number of piperazine rings is 1. The van der Waals surface area contributed by atoms with Crippen LogP contribution in [0, 0.1) is 0 Å². The van der Waals surface area contributed by atoms with Crippen LogP contribution in [0.3, 0.4) is 0 Å². The van der Waals surface area contributed by atoms with Gasteiger partial charge in [0.2, 0.25) is 0 Å². The Kier molecular flexibility index (Phi) is 5.80. The summed E-state index contributed by atoms with van der Waals surface area (Å²) in [6, 6.07) is 27.0. The van der Waals surface area contributed by atoms with E-state index in [2.05, 4.69) is 69.8 Å². The highest BCUT2D eigenvalue weighted by Crippen LogP contribution is 2.31. The Morgan fingerprint density at radius 1 is 0.971 bits per heavy atom. The van der Waals surface area contributed by atoms with E-state index in [1.165, 1.54) is 11.1 Å². The van der Waals surface area contributed by atoms with Crippen molar-refractivity contribution in [3.8, 4) is 16.9 Å². The molecule has 0 spiro atoms. The molecule has 1 amide bonds. The number of hydrogen-bond acceptors (Lipinski definition) is 4. The van der Waals surface area contributed by atoms with Crippen LogP contribution in [0.4, 0.5) is 5.69 Å². The van der Waals surface area contributed by atoms with Crippen LogP contribution < -0.4 is 10.6 Å². The lowest BCUT2D eigenvalue weighted by Crippen LogP contribution is -2.54. The number of nitrogens with one attached hydrogen (secondary N) is 2. The molecule has 3 heterocycles. The molecule has 3 aromatic carbocycles. The van der Waals surface area contributed by atoms with Gasteiger partial charge in [-0.2, -0.15) is 0 Å². The monoisotopic (exact) mass is 463 g/mol. The molecule has 1 saturated heterocycles. The van der Waals surface area contributed by atoms with Crippen molar-refractivity contribution >= 4 is 11.6 Å². The van der Waals surface area contributed by atoms with Gasteiger partial charge in [0.15, 0.2) is 5.69 Å². The fraction of sp³-hybridized carbons (Fsp3) is 0.241. The van der Waals surface area contributed by atoms with E-state index in [-0.39, 0.29) is 11.9 Å². The third-order valence-electron chi connectivity index (χ3n) is 7.02. The Morgan fingerprint density at radius 3 is 2.60 bits per heavy atom. The van der Waals surface area contributed by atoms with E-state index in [1.807, 2.05) is 29.2 Å². The van der Waals surface area contributed by atoms with Crippen molar-refractivity contribution in [1.82, 2.24) is 19.8 Å². The number of anilines is 1. The van der Waals surface area contributed by atoms with Gasteiger partial charge in [0.1, 0.15) is 6.33 Å². The summed E-state index contributed by atoms with van der Waals surface area (Å²) in [5.74, 6) is -0.00989. The van der Waals surface area contributed by atoms with Crippen LogP contribution in [0.25, 0.3) is 16.9 Å². The van der Waals surface area contributed by atoms with Crippen LogP contribution >= 0.6 is 0 Å². The highest BCUT2D eigenvalue weighted by Gasteiger charge is 2.31. The zero-order chi connectivity index (χ0) is 23.6. The summed E-state index contributed by atoms with van der Waals surface area (Å²) >= 11 is 0. The minimum atomic E-state index is -0.00989. The quantitative estimate of drug-likeness (QED) is 0.467. The lowest BCUT2D eigenvalue weighted by Gasteiger charge is -2.36. The topological polar surface area (TPSA) is 62.2 Å². The van der Waals surface area contributed by atoms with Crippen LogP contribution in [-0.2, 0) is 12.8 Å². The van der Waals surface area contributed by atoms with Crippen LogP contribution in [0.1, 0.15) is 21.6 Å². The molecule has 0 aliphatic carbocycles. The molecule has 6 rings (SSSR count). The molecule has 35 heavy (non-hydrogen) atoms. The fourth-order valence-corrected chi connectivity index (χ4v) is 5.23. The average molecular weight is 464 g/mol. The number of amides is 1. The maximum atomic E-state index is 14.0. The molecular formula is C29H29N5O. The van der Waals surface area contributed by atoms with Gasteiger partial charge in [0.25, 0.3) is 5.91 Å². The van der Waals surface area contributed by atoms with E-state index < -0.39 is 0 Å². The van der Waals surface area contributed by atoms with Gasteiger partial charge >= 0.3 is 0 Å². The van der Waals surface area contributed by atoms with Crippen LogP contribution in [0.2, 0.25) is 0 Å². The first-order chi connectivity index (χ1) is 17.3. The second kappa shape index (κ2) is 9.39. The number of carbonyl (C=O) groups is 1. The van der Waals surface area contributed by atoms with Gasteiger partial charge in [-0.05, 0) is 36.1 Å². The van der Waals surface area contributed by atoms with Crippen molar-refractivity contribution in [3.63, 3.8) is 0 Å². The number of nitrogens with zero attached hydrogens (tertiary/aromatic N) is 3. The third kappa shape index (κ3) is 4.21. The molecular weight excluding hydrogens is 434 g/mol. The summed E-state index contributed by atoms with van der Waals surface area (Å²) in [4.78, 5) is 20.8. The van der Waals surface area contributed by atoms with Crippen LogP contribution in [-0.4, -0.2) is 52.6 Å². The molecule has 0 bridgehead atoms. The van der Waals surface area contributed by atoms with Crippen molar-refractivity contribution in [2.75, 3.05) is 31.5 Å². The molecule has 1 aromatic heterocycles. The number of carbonyl (C=O) groups excluding carboxylic acids is 1. The Bertz CT molecular complexity index is 1330. The minimum absolute atomic E-state index is 0.00989. The second-order valence-electron chi connectivity index (χ2n) is 9.24. The Labute approximate surface area is 205 Å². The maximum Gasteiger partial charge on any atom is 0.275 e. The molecule has 0 unspecified atom stereocenters. The minimum Gasteiger partial charge on any atom is -0.384 e. The number of benzene rings is 3. The molecule has 2 aliphatic heterocycles. The Morgan fingerprint density at radius 2 is 1.77 bits per heavy atom. The largest absolute Gasteiger partial charge is 0.384 e. The van der Waals surface area contributed by atoms with Gasteiger partial charge in [-0.15, -0.1) is 0 Å². The highest BCUT2D eigenvalue weighted by molar-refractivity contribution is 5.99. The summed E-state index contributed by atoms with van der Waals surface area (Å²) in [5.41, 5.74) is 7.05. The molecule has 6 heteroatoms. The van der Waals surface area contributed by atoms with Crippen molar-refractivity contribution in [2.24, 2.45) is 0 Å². The molecule has 6 nitrogen and oxygen atoms in total. The molecule has 0 radical (unpaired) electrons. The number of imidazole rings is 1. The highest BCUT2D eigenvalue weighted by atomic mass is 16.2. The molecule has 176 valence electrons. The smallest absolute Gasteiger partial charge is 0.275 e. The molecule has 0 saturated carbocycles. The van der Waals surface area contributed by atoms with E-state index >= 15 is 0 Å². The lowest BCUT2D eigenvalue weighted by molar-refractivity contribution is 0.0631. The van der Waals surface area contributed by atoms with Gasteiger partial charge in [-0.25, -0.2) is 4.98 Å². The van der Waals surface area contributed by atoms with Gasteiger partial charge in [0.05, 0.1) is 5.69 Å². The molecule has 4 aromatic rings. The average Bonchev–Trinajstić information content (AvgIpc) is 3.57. The lowest BCUT2D eigenvalue weighted by atomic mass is 10.0. The first-order valence-electron chi connectivity index (χ1n) is 12.3. The number of fused-ring (bicyclic) bond motifs is 1. The van der Waals surface area contributed by atoms with Gasteiger partial charge in [0, 0.05) is 49.2 Å². The number of rotatable bonds is 5. The Hall–Kier alpha value is -3.90. The molecule has 2 aliphatic rings. The summed E-state index contributed by atoms with van der Waals surface area (Å²) in [6.07, 6.45) is 3.65. The van der Waals surface area contributed by atoms with Gasteiger partial charge < -0.3 is 15.5 Å². The molecule has 1 atom stereocenters. The zero-order valence-corrected chi connectivity index (χ0v) is 19.7. The Balaban J connectivity index is 1.39. The van der Waals surface area contributed by atoms with E-state index in [4.69, 9.17) is 4.98 Å². The predicted molar refractivity (Wildman–Crippen MR) is 139 cm³/mol. The third-order valence-corrected chi connectivity index (χ3v) is 7.02. The predicted octanol–water partition coefficient (Wildman–Crippen LogP) is 4.16. The normalized spacial score (nSPS) is 17.1. The standard InChI is InChI=1S/C29H29N5O/c35-29(33-16-15-30-19-25(33)17-21-7-3-1-4-8-21)27-28(23-9-5-2-6-10-23)34(20-32-27)24-12-11-22-13-14-31-26(22)18-24/h1-12,18,20,25,30-31H,13-17,19H2/t25-/m1/s1. The fourth-order valence-electron chi connectivity index (χ4n) is 5.23. The first-order valence-corrected chi connectivity index (χ1v) is 12.3. The van der Waals surface area contributed by atoms with Crippen LogP contribution in [0.5, 0.6) is 0 Å². The van der Waals surface area contributed by atoms with Gasteiger partial charge in [-0.3, -0.25) is 9.36 Å². The van der Waals surface area contributed by atoms with Crippen molar-refractivity contribution in [1.29, 1.82) is 0 Å². The van der Waals surface area contributed by atoms with Crippen molar-refractivity contribution < 1.29 is 4.79 Å². The van der Waals surface area contributed by atoms with E-state index in [9.17, 15) is 4.79 Å². The van der Waals surface area contributed by atoms with Crippen molar-refractivity contribution in [2.45, 2.75) is 18.9 Å². The van der Waals surface area contributed by atoms with Crippen LogP contribution in [0.15, 0.2) is 85.2 Å². The van der Waals surface area contributed by atoms with E-state index in [1.54, 1.807) is 6.33 Å². The molecule has 1 fully saturated rings. The SMILES string of the molecule is O=C(c1ncn(-c2ccc3c(c2)NCC3)c1-c1ccccc1)N1CCNC[C@H]1Cc1ccccc1. The van der Waals surface area contributed by atoms with Crippen molar-refractivity contribution in [3.05, 3.63) is 102 Å². The summed E-state index contributed by atoms with van der Waals surface area (Å²) in [7, 11) is 0. The summed E-state index contributed by atoms with van der Waals surface area (Å²) in [6.45, 7) is 3.19. The number of hydrogen-bond donors (Lipinski definition) is 2. The maximum absolute atomic E-state index is 14.0.